The summed E-state index contributed by atoms with van der Waals surface area (Å²) >= 11 is 0. The molecule has 0 spiro atoms. The summed E-state index contributed by atoms with van der Waals surface area (Å²) in [6, 6.07) is 5.81. The number of benzene rings is 1. The van der Waals surface area contributed by atoms with E-state index in [0.717, 1.165) is 0 Å². The number of carbonyl (C=O) groups is 2. The molecule has 7 heteroatoms. The molecular weight excluding hydrogens is 265 g/mol. The molecule has 0 fully saturated rings. The predicted molar refractivity (Wildman–Crippen MR) is 62.1 cm³/mol. The van der Waals surface area contributed by atoms with Gasteiger partial charge in [-0.05, 0) is 25.1 Å². The molecule has 0 aliphatic rings. The summed E-state index contributed by atoms with van der Waals surface area (Å²) in [6.07, 6.45) is 0.770. The first-order chi connectivity index (χ1) is 7.99. The van der Waals surface area contributed by atoms with Crippen molar-refractivity contribution in [3.63, 3.8) is 0 Å². The van der Waals surface area contributed by atoms with Gasteiger partial charge in [-0.3, -0.25) is 4.79 Å². The van der Waals surface area contributed by atoms with Crippen LogP contribution in [0.3, 0.4) is 0 Å². The molecule has 18 heavy (non-hydrogen) atoms. The van der Waals surface area contributed by atoms with Crippen molar-refractivity contribution in [2.75, 3.05) is 6.54 Å². The smallest absolute Gasteiger partial charge is 1.00 e. The average molecular weight is 281 g/mol. The fraction of sp³-hybridized carbons (Fsp3) is 0.273. The van der Waals surface area contributed by atoms with E-state index in [1.165, 1.54) is 12.1 Å². The third-order valence-corrected chi connectivity index (χ3v) is 1.73. The van der Waals surface area contributed by atoms with Crippen molar-refractivity contribution in [2.45, 2.75) is 12.8 Å². The first-order valence-electron chi connectivity index (χ1n) is 4.92. The Balaban J connectivity index is -0.000000258. The number of carboxylic acids is 2. The zero-order valence-electron chi connectivity index (χ0n) is 11.2. The van der Waals surface area contributed by atoms with E-state index in [9.17, 15) is 9.59 Å². The minimum Gasteiger partial charge on any atom is -1.00 e. The Hall–Kier alpha value is -0.444. The van der Waals surface area contributed by atoms with E-state index in [2.05, 4.69) is 0 Å². The minimum absolute atomic E-state index is 0. The normalized spacial score (nSPS) is 8.50. The quantitative estimate of drug-likeness (QED) is 0.474. The largest absolute Gasteiger partial charge is 1.00 e. The summed E-state index contributed by atoms with van der Waals surface area (Å²) in [7, 11) is 0. The topological polar surface area (TPSA) is 121 Å². The number of rotatable bonds is 4. The number of nitrogens with two attached hydrogens (primary N) is 1. The molecule has 1 aromatic rings. The van der Waals surface area contributed by atoms with Gasteiger partial charge < -0.3 is 22.5 Å². The number of phenols is 1. The van der Waals surface area contributed by atoms with Gasteiger partial charge in [0.1, 0.15) is 11.3 Å². The van der Waals surface area contributed by atoms with Crippen molar-refractivity contribution in [3.8, 4) is 5.75 Å². The molecule has 0 bridgehead atoms. The Morgan fingerprint density at radius 3 is 2.06 bits per heavy atom. The molecule has 1 rings (SSSR count). The zero-order valence-corrected chi connectivity index (χ0v) is 13.3. The summed E-state index contributed by atoms with van der Waals surface area (Å²) in [5.41, 5.74) is 4.95. The Labute approximate surface area is 149 Å². The van der Waals surface area contributed by atoms with Crippen LogP contribution in [0.4, 0.5) is 0 Å². The van der Waals surface area contributed by atoms with Crippen LogP contribution in [0.1, 0.15) is 24.6 Å². The number of carboxylic acid groups (broad SMARTS) is 2. The van der Waals surface area contributed by atoms with Gasteiger partial charge in [0.05, 0.1) is 0 Å². The fourth-order valence-corrected chi connectivity index (χ4v) is 0.908. The molecule has 1 aromatic carbocycles. The van der Waals surface area contributed by atoms with Crippen molar-refractivity contribution >= 4 is 11.9 Å². The Morgan fingerprint density at radius 1 is 1.22 bits per heavy atom. The van der Waals surface area contributed by atoms with Crippen LogP contribution < -0.4 is 57.1 Å². The third-order valence-electron chi connectivity index (χ3n) is 1.73. The maximum atomic E-state index is 10.3. The fourth-order valence-electron chi connectivity index (χ4n) is 0.908. The zero-order chi connectivity index (χ0) is 13.3. The van der Waals surface area contributed by atoms with E-state index in [1.54, 1.807) is 12.1 Å². The molecule has 5 N–H and O–H groups in total. The van der Waals surface area contributed by atoms with Gasteiger partial charge in [0.25, 0.3) is 0 Å². The minimum atomic E-state index is -1.11. The second kappa shape index (κ2) is 11.6. The van der Waals surface area contributed by atoms with E-state index in [1.807, 2.05) is 0 Å². The first-order valence-corrected chi connectivity index (χ1v) is 4.92. The van der Waals surface area contributed by atoms with E-state index in [-0.39, 0.29) is 70.5 Å². The van der Waals surface area contributed by atoms with Gasteiger partial charge in [0.15, 0.2) is 0 Å². The Bertz CT molecular complexity index is 389. The molecule has 0 aromatic heterocycles. The number of hydrogen-bond donors (Lipinski definition) is 4. The maximum Gasteiger partial charge on any atom is 1.00 e. The van der Waals surface area contributed by atoms with Gasteiger partial charge in [0, 0.05) is 6.42 Å². The summed E-state index contributed by atoms with van der Waals surface area (Å²) in [6.45, 7) is 0.465. The molecule has 0 aliphatic carbocycles. The van der Waals surface area contributed by atoms with Gasteiger partial charge >= 0.3 is 63.3 Å². The van der Waals surface area contributed by atoms with Crippen molar-refractivity contribution in [3.05, 3.63) is 29.8 Å². The standard InChI is InChI=1S/C7H6O3.C4H9NO2.K.H/c8-6-4-2-1-3-5(6)7(9)10;5-3-1-2-4(6)7;;/h1-4,8H,(H,9,10);1-3,5H2,(H,6,7);;/q;;+1;-1. The Kier molecular flexibility index (Phi) is 12.9. The van der Waals surface area contributed by atoms with Crippen LogP contribution in [-0.4, -0.2) is 33.8 Å². The molecule has 0 radical (unpaired) electrons. The van der Waals surface area contributed by atoms with Crippen LogP contribution in [-0.2, 0) is 4.79 Å². The van der Waals surface area contributed by atoms with Crippen molar-refractivity contribution < 1.29 is 77.7 Å². The van der Waals surface area contributed by atoms with Gasteiger partial charge in [-0.15, -0.1) is 0 Å². The first kappa shape index (κ1) is 19.9. The van der Waals surface area contributed by atoms with E-state index in [0.29, 0.717) is 13.0 Å². The molecule has 0 unspecified atom stereocenters. The average Bonchev–Trinajstić information content (AvgIpc) is 2.27. The Morgan fingerprint density at radius 2 is 1.78 bits per heavy atom. The van der Waals surface area contributed by atoms with E-state index >= 15 is 0 Å². The van der Waals surface area contributed by atoms with Crippen LogP contribution in [0.5, 0.6) is 5.75 Å². The van der Waals surface area contributed by atoms with Gasteiger partial charge in [-0.25, -0.2) is 4.79 Å². The van der Waals surface area contributed by atoms with Gasteiger partial charge in [-0.2, -0.15) is 0 Å². The molecule has 0 saturated carbocycles. The second-order valence-corrected chi connectivity index (χ2v) is 3.11. The molecule has 0 atom stereocenters. The number of para-hydroxylation sites is 1. The summed E-state index contributed by atoms with van der Waals surface area (Å²) < 4.78 is 0. The molecular formula is C11H16KNO5. The summed E-state index contributed by atoms with van der Waals surface area (Å²) in [5.74, 6) is -2.08. The van der Waals surface area contributed by atoms with Crippen molar-refractivity contribution in [1.82, 2.24) is 0 Å². The molecule has 0 aliphatic heterocycles. The number of aliphatic carboxylic acids is 1. The monoisotopic (exact) mass is 281 g/mol. The van der Waals surface area contributed by atoms with Crippen molar-refractivity contribution in [2.24, 2.45) is 5.73 Å². The second-order valence-electron chi connectivity index (χ2n) is 3.11. The predicted octanol–water partition coefficient (Wildman–Crippen LogP) is -1.98. The summed E-state index contributed by atoms with van der Waals surface area (Å²) in [5, 5.41) is 25.3. The van der Waals surface area contributed by atoms with Crippen LogP contribution in [0.15, 0.2) is 24.3 Å². The van der Waals surface area contributed by atoms with Crippen LogP contribution in [0.2, 0.25) is 0 Å². The molecule has 0 heterocycles. The van der Waals surface area contributed by atoms with Crippen LogP contribution >= 0.6 is 0 Å². The van der Waals surface area contributed by atoms with Gasteiger partial charge in [0.2, 0.25) is 0 Å². The molecule has 96 valence electrons. The van der Waals surface area contributed by atoms with Crippen LogP contribution in [0, 0.1) is 0 Å². The maximum absolute atomic E-state index is 10.3. The SMILES string of the molecule is NCCCC(=O)O.O=C(O)c1ccccc1O.[H-].[K+]. The number of aromatic carboxylic acids is 1. The molecule has 0 saturated heterocycles. The summed E-state index contributed by atoms with van der Waals surface area (Å²) in [4.78, 5) is 20.0. The molecule has 6 nitrogen and oxygen atoms in total. The number of hydrogen-bond acceptors (Lipinski definition) is 4. The van der Waals surface area contributed by atoms with E-state index < -0.39 is 11.9 Å². The number of aromatic hydroxyl groups is 1. The third kappa shape index (κ3) is 9.57. The molecule has 0 amide bonds. The van der Waals surface area contributed by atoms with Crippen LogP contribution in [0.25, 0.3) is 0 Å². The van der Waals surface area contributed by atoms with Gasteiger partial charge in [-0.1, -0.05) is 12.1 Å². The van der Waals surface area contributed by atoms with Crippen molar-refractivity contribution in [1.29, 1.82) is 0 Å². The van der Waals surface area contributed by atoms with E-state index in [4.69, 9.17) is 21.1 Å².